The molecule has 0 radical (unpaired) electrons. The monoisotopic (exact) mass is 1890 g/mol. The molecule has 0 aromatic heterocycles. The van der Waals surface area contributed by atoms with E-state index in [0.717, 1.165) is 20.7 Å². The molecule has 682 valence electrons. The summed E-state index contributed by atoms with van der Waals surface area (Å²) in [5.74, 6) is 0. The Balaban J connectivity index is 0.000000134. The molecular formula is C139H104BBrO2. The molecular weight excluding hydrogens is 1790 g/mol. The summed E-state index contributed by atoms with van der Waals surface area (Å²) < 4.78 is 14.5. The number of halogens is 1. The molecule has 0 atom stereocenters. The molecule has 4 heteroatoms. The van der Waals surface area contributed by atoms with Crippen LogP contribution >= 0.6 is 15.9 Å². The van der Waals surface area contributed by atoms with Crippen LogP contribution in [-0.2, 0) is 9.31 Å². The van der Waals surface area contributed by atoms with Crippen molar-refractivity contribution in [1.82, 2.24) is 0 Å². The van der Waals surface area contributed by atoms with Gasteiger partial charge in [0.05, 0.1) is 11.2 Å². The van der Waals surface area contributed by atoms with E-state index < -0.39 is 18.3 Å². The van der Waals surface area contributed by atoms with E-state index in [2.05, 4.69) is 577 Å². The van der Waals surface area contributed by atoms with Crippen molar-refractivity contribution in [2.24, 2.45) is 0 Å². The summed E-state index contributed by atoms with van der Waals surface area (Å²) in [7, 11) is -0.478. The lowest BCUT2D eigenvalue weighted by Crippen LogP contribution is -2.41. The Morgan fingerprint density at radius 2 is 0.343 bits per heavy atom. The first kappa shape index (κ1) is 91.4. The second-order valence-corrected chi connectivity index (χ2v) is 38.7. The fourth-order valence-corrected chi connectivity index (χ4v) is 21.4. The number of benzene rings is 24. The molecule has 143 heavy (non-hydrogen) atoms. The maximum atomic E-state index is 6.71. The fourth-order valence-electron chi connectivity index (χ4n) is 21.2. The zero-order valence-corrected chi connectivity index (χ0v) is 81.2. The van der Waals surface area contributed by atoms with E-state index in [-0.39, 0.29) is 7.43 Å². The second kappa shape index (κ2) is 39.9. The minimum atomic E-state index is -0.478. The van der Waals surface area contributed by atoms with Crippen LogP contribution in [0.1, 0.15) is 35.1 Å². The molecule has 0 bridgehead atoms. The quantitative estimate of drug-likeness (QED) is 0.0709. The van der Waals surface area contributed by atoms with E-state index in [9.17, 15) is 0 Å². The third-order valence-corrected chi connectivity index (χ3v) is 29.4. The van der Waals surface area contributed by atoms with Crippen LogP contribution in [0.4, 0.5) is 0 Å². The normalized spacial score (nSPS) is 12.5. The van der Waals surface area contributed by atoms with Gasteiger partial charge in [0.15, 0.2) is 0 Å². The standard InChI is InChI=1S/C66H44.C48H39BO2.C24H17Br.CH4/c1-5-19-45(20-6-1)51-37-39-53(63(43-51)47-23-9-3-10-24-47)49-33-35-50(36-34-49)65-58-29-15-17-31-60(58)66(61-32-18-16-30-59(61)65)62-42-41-56(54-27-13-14-28-55(54)62)57-40-38-52(46-21-7-2-8-22-46)44-64(57)48-25-11-4-12-26-48;1-47(2)48(3,4)51-49(50-47)46-42-25-15-13-23-39(42)45(40-24-14-16-26-43(40)46)41-30-29-37(35-21-11-12-22-36(35)41)38-28-27-34(32-17-7-5-8-18-32)31-44(38)33-19-9-6-10-20-33;25-22-14-11-20(12-15-22)23-16-13-21(18-7-3-1-4-8-18)17-24(23)19-9-5-2-6-10-19;/h1-44H;5-31H,1-4H3;1-17H;1H4. The van der Waals surface area contributed by atoms with Crippen LogP contribution in [0.25, 0.3) is 232 Å². The summed E-state index contributed by atoms with van der Waals surface area (Å²) in [4.78, 5) is 0. The van der Waals surface area contributed by atoms with Crippen LogP contribution < -0.4 is 5.46 Å². The smallest absolute Gasteiger partial charge is 0.399 e. The molecule has 24 aromatic carbocycles. The highest BCUT2D eigenvalue weighted by atomic mass is 79.9. The van der Waals surface area contributed by atoms with E-state index in [1.807, 2.05) is 0 Å². The van der Waals surface area contributed by atoms with Crippen molar-refractivity contribution in [2.45, 2.75) is 46.3 Å². The minimum absolute atomic E-state index is 0. The van der Waals surface area contributed by atoms with E-state index in [1.165, 1.54) is 221 Å². The zero-order valence-electron chi connectivity index (χ0n) is 79.6. The third-order valence-electron chi connectivity index (χ3n) is 28.8. The van der Waals surface area contributed by atoms with Gasteiger partial charge in [-0.2, -0.15) is 0 Å². The van der Waals surface area contributed by atoms with Gasteiger partial charge in [0.25, 0.3) is 0 Å². The molecule has 0 saturated carbocycles. The van der Waals surface area contributed by atoms with Gasteiger partial charge in [-0.25, -0.2) is 0 Å². The van der Waals surface area contributed by atoms with Crippen molar-refractivity contribution in [3.8, 4) is 167 Å². The molecule has 0 amide bonds. The number of rotatable bonds is 16. The van der Waals surface area contributed by atoms with Crippen molar-refractivity contribution in [2.75, 3.05) is 0 Å². The highest BCUT2D eigenvalue weighted by Crippen LogP contribution is 2.52. The van der Waals surface area contributed by atoms with Crippen molar-refractivity contribution in [1.29, 1.82) is 0 Å². The molecule has 0 spiro atoms. The molecule has 1 aliphatic heterocycles. The Morgan fingerprint density at radius 3 is 0.636 bits per heavy atom. The summed E-state index contributed by atoms with van der Waals surface area (Å²) in [5.41, 5.74) is 36.9. The molecule has 1 heterocycles. The Labute approximate surface area is 847 Å². The zero-order chi connectivity index (χ0) is 95.6. The third kappa shape index (κ3) is 17.9. The van der Waals surface area contributed by atoms with E-state index >= 15 is 0 Å². The van der Waals surface area contributed by atoms with Gasteiger partial charge >= 0.3 is 7.12 Å². The van der Waals surface area contributed by atoms with Crippen LogP contribution in [-0.4, -0.2) is 18.3 Å². The highest BCUT2D eigenvalue weighted by molar-refractivity contribution is 9.10. The van der Waals surface area contributed by atoms with Crippen molar-refractivity contribution < 1.29 is 9.31 Å². The van der Waals surface area contributed by atoms with Gasteiger partial charge in [0.1, 0.15) is 0 Å². The molecule has 24 aromatic rings. The first-order valence-electron chi connectivity index (χ1n) is 49.0. The molecule has 0 aliphatic carbocycles. The molecule has 25 rings (SSSR count). The lowest BCUT2D eigenvalue weighted by molar-refractivity contribution is 0.00578. The van der Waals surface area contributed by atoms with Crippen LogP contribution in [0.5, 0.6) is 0 Å². The second-order valence-electron chi connectivity index (χ2n) is 37.8. The summed E-state index contributed by atoms with van der Waals surface area (Å²) in [6, 6.07) is 193. The van der Waals surface area contributed by atoms with Gasteiger partial charge in [-0.05, 0) is 301 Å². The van der Waals surface area contributed by atoms with E-state index in [0.29, 0.717) is 0 Å². The first-order chi connectivity index (χ1) is 69.9. The molecule has 1 aliphatic rings. The molecule has 1 saturated heterocycles. The average molecular weight is 1900 g/mol. The van der Waals surface area contributed by atoms with Crippen LogP contribution in [0.15, 0.2) is 538 Å². The SMILES string of the molecule is Brc1ccc(-c2ccc(-c3ccccc3)cc2-c2ccccc2)cc1.C.CC1(C)OB(c2c3ccccc3c(-c3ccc(-c4ccc(-c5ccccc5)cc4-c4ccccc4)c4ccccc34)c3ccccc23)OC1(C)C.c1ccc(-c2ccc(-c3ccc(-c4c5ccccc5c(-c5ccc(-c6ccc(-c7ccccc7)cc6-c6ccccc6)c6ccccc56)c5ccccc45)cc3)c(-c3ccccc3)c2)cc1. The summed E-state index contributed by atoms with van der Waals surface area (Å²) >= 11 is 3.52. The molecule has 0 N–H and O–H groups in total. The van der Waals surface area contributed by atoms with Crippen molar-refractivity contribution >= 4 is 93.1 Å². The average Bonchev–Trinajstić information content (AvgIpc) is 1.39. The summed E-state index contributed by atoms with van der Waals surface area (Å²) in [6.45, 7) is 8.49. The summed E-state index contributed by atoms with van der Waals surface area (Å²) in [5, 5.41) is 14.6. The van der Waals surface area contributed by atoms with E-state index in [1.54, 1.807) is 0 Å². The predicted octanol–water partition coefficient (Wildman–Crippen LogP) is 38.7. The maximum absolute atomic E-state index is 6.71. The highest BCUT2D eigenvalue weighted by Gasteiger charge is 2.53. The number of hydrogen-bond acceptors (Lipinski definition) is 2. The number of fused-ring (bicyclic) bond motifs is 6. The Kier molecular flexibility index (Phi) is 25.5. The predicted molar refractivity (Wildman–Crippen MR) is 616 cm³/mol. The Morgan fingerprint density at radius 1 is 0.154 bits per heavy atom. The lowest BCUT2D eigenvalue weighted by Gasteiger charge is -2.32. The van der Waals surface area contributed by atoms with Gasteiger partial charge in [0.2, 0.25) is 0 Å². The molecule has 2 nitrogen and oxygen atoms in total. The van der Waals surface area contributed by atoms with Crippen LogP contribution in [0.2, 0.25) is 0 Å². The van der Waals surface area contributed by atoms with E-state index in [4.69, 9.17) is 9.31 Å². The lowest BCUT2D eigenvalue weighted by atomic mass is 9.71. The maximum Gasteiger partial charge on any atom is 0.496 e. The van der Waals surface area contributed by atoms with Gasteiger partial charge in [0, 0.05) is 4.47 Å². The van der Waals surface area contributed by atoms with Crippen molar-refractivity contribution in [3.05, 3.63) is 538 Å². The Bertz CT molecular complexity index is 8650. The fraction of sp³-hybridized carbons (Fsp3) is 0.0504. The summed E-state index contributed by atoms with van der Waals surface area (Å²) in [6.07, 6.45) is 0. The number of hydrogen-bond donors (Lipinski definition) is 0. The van der Waals surface area contributed by atoms with Gasteiger partial charge in [-0.1, -0.05) is 521 Å². The molecule has 1 fully saturated rings. The topological polar surface area (TPSA) is 18.5 Å². The van der Waals surface area contributed by atoms with Gasteiger partial charge in [-0.15, -0.1) is 0 Å². The van der Waals surface area contributed by atoms with Gasteiger partial charge < -0.3 is 9.31 Å². The Hall–Kier alpha value is -16.7. The molecule has 0 unspecified atom stereocenters. The van der Waals surface area contributed by atoms with Crippen molar-refractivity contribution in [3.63, 3.8) is 0 Å². The van der Waals surface area contributed by atoms with Crippen LogP contribution in [0, 0.1) is 0 Å². The first-order valence-corrected chi connectivity index (χ1v) is 49.8. The largest absolute Gasteiger partial charge is 0.496 e. The van der Waals surface area contributed by atoms with Gasteiger partial charge in [-0.3, -0.25) is 0 Å². The van der Waals surface area contributed by atoms with Crippen LogP contribution in [0.3, 0.4) is 0 Å². The minimum Gasteiger partial charge on any atom is -0.399 e.